The average Bonchev–Trinajstić information content (AvgIpc) is 2.96. The molecule has 6 nitrogen and oxygen atoms in total. The van der Waals surface area contributed by atoms with Crippen LogP contribution >= 0.6 is 0 Å². The zero-order valence-corrected chi connectivity index (χ0v) is 10.3. The monoisotopic (exact) mass is 282 g/mol. The molecule has 0 radical (unpaired) electrons. The predicted octanol–water partition coefficient (Wildman–Crippen LogP) is 0.529. The minimum atomic E-state index is -2.65. The summed E-state index contributed by atoms with van der Waals surface area (Å²) < 4.78 is 26.0. The van der Waals surface area contributed by atoms with Gasteiger partial charge in [0.25, 0.3) is 0 Å². The minimum Gasteiger partial charge on any atom is -0.273 e. The lowest BCUT2D eigenvalue weighted by molar-refractivity contribution is -0.124. The fraction of sp³-hybridized carbons (Fsp3) is 0.500. The van der Waals surface area contributed by atoms with Gasteiger partial charge in [-0.25, -0.2) is 18.7 Å². The van der Waals surface area contributed by atoms with Gasteiger partial charge in [0.15, 0.2) is 0 Å². The van der Waals surface area contributed by atoms with Crippen LogP contribution < -0.4 is 10.9 Å². The van der Waals surface area contributed by atoms with Gasteiger partial charge in [0.05, 0.1) is 0 Å². The van der Waals surface area contributed by atoms with Gasteiger partial charge in [-0.2, -0.15) is 0 Å². The summed E-state index contributed by atoms with van der Waals surface area (Å²) in [6.45, 7) is 0. The topological polar surface area (TPSA) is 84.0 Å². The van der Waals surface area contributed by atoms with Crippen LogP contribution in [0.4, 0.5) is 8.78 Å². The number of hydrazine groups is 1. The van der Waals surface area contributed by atoms with Gasteiger partial charge in [-0.1, -0.05) is 0 Å². The molecule has 2 aliphatic rings. The Hall–Kier alpha value is -2.12. The largest absolute Gasteiger partial charge is 0.307 e. The van der Waals surface area contributed by atoms with Crippen molar-refractivity contribution < 1.29 is 18.4 Å². The SMILES string of the molecule is O=C(NNC(=O)C1[C@H]2CC(F)(F)C[C@@H]12)c1ncccn1. The first kappa shape index (κ1) is 12.9. The van der Waals surface area contributed by atoms with E-state index in [4.69, 9.17) is 0 Å². The van der Waals surface area contributed by atoms with E-state index in [1.807, 2.05) is 0 Å². The van der Waals surface area contributed by atoms with Crippen molar-refractivity contribution in [1.29, 1.82) is 0 Å². The van der Waals surface area contributed by atoms with E-state index < -0.39 is 23.7 Å². The van der Waals surface area contributed by atoms with Crippen LogP contribution in [0.1, 0.15) is 23.5 Å². The van der Waals surface area contributed by atoms with Crippen LogP contribution in [0.3, 0.4) is 0 Å². The highest BCUT2D eigenvalue weighted by Crippen LogP contribution is 2.62. The molecule has 20 heavy (non-hydrogen) atoms. The molecule has 1 unspecified atom stereocenters. The summed E-state index contributed by atoms with van der Waals surface area (Å²) in [6.07, 6.45) is 2.31. The number of hydrogen-bond donors (Lipinski definition) is 2. The third-order valence-corrected chi connectivity index (χ3v) is 3.77. The molecule has 0 bridgehead atoms. The van der Waals surface area contributed by atoms with E-state index >= 15 is 0 Å². The number of aromatic nitrogens is 2. The first-order valence-corrected chi connectivity index (χ1v) is 6.23. The molecule has 2 saturated carbocycles. The zero-order chi connectivity index (χ0) is 14.3. The van der Waals surface area contributed by atoms with Gasteiger partial charge in [0.1, 0.15) is 0 Å². The lowest BCUT2D eigenvalue weighted by Crippen LogP contribution is -2.43. The Balaban J connectivity index is 1.49. The molecule has 0 spiro atoms. The third kappa shape index (κ3) is 2.33. The van der Waals surface area contributed by atoms with Crippen LogP contribution in [0.5, 0.6) is 0 Å². The number of amides is 2. The molecule has 0 aliphatic heterocycles. The molecule has 8 heteroatoms. The molecule has 0 saturated heterocycles. The Morgan fingerprint density at radius 2 is 1.75 bits per heavy atom. The first-order chi connectivity index (χ1) is 9.48. The zero-order valence-electron chi connectivity index (χ0n) is 10.3. The fourth-order valence-corrected chi connectivity index (χ4v) is 2.84. The maximum Gasteiger partial charge on any atom is 0.307 e. The van der Waals surface area contributed by atoms with Crippen LogP contribution in [-0.4, -0.2) is 27.7 Å². The van der Waals surface area contributed by atoms with Crippen molar-refractivity contribution in [3.63, 3.8) is 0 Å². The predicted molar refractivity (Wildman–Crippen MR) is 62.3 cm³/mol. The highest BCUT2D eigenvalue weighted by atomic mass is 19.3. The molecule has 1 heterocycles. The highest BCUT2D eigenvalue weighted by molar-refractivity contribution is 5.92. The summed E-state index contributed by atoms with van der Waals surface area (Å²) in [5.41, 5.74) is 4.41. The van der Waals surface area contributed by atoms with Gasteiger partial charge in [-0.05, 0) is 17.9 Å². The molecule has 1 aromatic rings. The molecule has 0 aromatic carbocycles. The van der Waals surface area contributed by atoms with Crippen LogP contribution in [0.25, 0.3) is 0 Å². The van der Waals surface area contributed by atoms with Crippen LogP contribution in [0.15, 0.2) is 18.5 Å². The van der Waals surface area contributed by atoms with Gasteiger partial charge in [0, 0.05) is 31.2 Å². The summed E-state index contributed by atoms with van der Waals surface area (Å²) in [5, 5.41) is 0. The van der Waals surface area contributed by atoms with Gasteiger partial charge in [-0.15, -0.1) is 0 Å². The summed E-state index contributed by atoms with van der Waals surface area (Å²) >= 11 is 0. The maximum atomic E-state index is 13.0. The Morgan fingerprint density at radius 3 is 2.35 bits per heavy atom. The number of carbonyl (C=O) groups is 2. The van der Waals surface area contributed by atoms with Crippen molar-refractivity contribution in [2.24, 2.45) is 17.8 Å². The number of nitrogens with zero attached hydrogens (tertiary/aromatic N) is 2. The minimum absolute atomic E-state index is 0.0738. The molecule has 1 aromatic heterocycles. The smallest absolute Gasteiger partial charge is 0.273 e. The van der Waals surface area contributed by atoms with Crippen molar-refractivity contribution in [3.05, 3.63) is 24.3 Å². The number of halogens is 2. The van der Waals surface area contributed by atoms with Gasteiger partial charge < -0.3 is 0 Å². The van der Waals surface area contributed by atoms with Crippen molar-refractivity contribution >= 4 is 11.8 Å². The standard InChI is InChI=1S/C12H12F2N4O2/c13-12(14)4-6-7(5-12)8(6)10(19)17-18-11(20)9-15-2-1-3-16-9/h1-3,6-8H,4-5H2,(H,17,19)(H,18,20)/t6-,7+,8?. The lowest BCUT2D eigenvalue weighted by atomic mass is 10.1. The Morgan fingerprint density at radius 1 is 1.15 bits per heavy atom. The molecule has 106 valence electrons. The van der Waals surface area contributed by atoms with Gasteiger partial charge in [-0.3, -0.25) is 20.4 Å². The van der Waals surface area contributed by atoms with Crippen molar-refractivity contribution in [2.75, 3.05) is 0 Å². The normalized spacial score (nSPS) is 29.4. The van der Waals surface area contributed by atoms with E-state index in [0.29, 0.717) is 0 Å². The van der Waals surface area contributed by atoms with E-state index in [9.17, 15) is 18.4 Å². The third-order valence-electron chi connectivity index (χ3n) is 3.77. The van der Waals surface area contributed by atoms with Crippen LogP contribution in [0, 0.1) is 17.8 Å². The van der Waals surface area contributed by atoms with Gasteiger partial charge in [0.2, 0.25) is 17.7 Å². The van der Waals surface area contributed by atoms with E-state index in [2.05, 4.69) is 20.8 Å². The Labute approximate surface area is 113 Å². The fourth-order valence-electron chi connectivity index (χ4n) is 2.84. The summed E-state index contributed by atoms with van der Waals surface area (Å²) in [7, 11) is 0. The van der Waals surface area contributed by atoms with Gasteiger partial charge >= 0.3 is 5.91 Å². The quantitative estimate of drug-likeness (QED) is 0.775. The molecule has 2 fully saturated rings. The number of hydrogen-bond acceptors (Lipinski definition) is 4. The lowest BCUT2D eigenvalue weighted by Gasteiger charge is -2.13. The van der Waals surface area contributed by atoms with Crippen molar-refractivity contribution in [1.82, 2.24) is 20.8 Å². The summed E-state index contributed by atoms with van der Waals surface area (Å²) in [5.74, 6) is -4.76. The summed E-state index contributed by atoms with van der Waals surface area (Å²) in [6, 6.07) is 1.56. The molecule has 3 rings (SSSR count). The number of fused-ring (bicyclic) bond motifs is 1. The molecule has 3 atom stereocenters. The van der Waals surface area contributed by atoms with Crippen LogP contribution in [0.2, 0.25) is 0 Å². The second-order valence-corrected chi connectivity index (χ2v) is 5.13. The Bertz CT molecular complexity index is 538. The number of alkyl halides is 2. The number of nitrogens with one attached hydrogen (secondary N) is 2. The number of carbonyl (C=O) groups excluding carboxylic acids is 2. The van der Waals surface area contributed by atoms with E-state index in [1.165, 1.54) is 12.4 Å². The Kier molecular flexibility index (Phi) is 2.88. The van der Waals surface area contributed by atoms with Crippen LogP contribution in [-0.2, 0) is 4.79 Å². The highest BCUT2D eigenvalue weighted by Gasteiger charge is 2.65. The van der Waals surface area contributed by atoms with E-state index in [1.54, 1.807) is 6.07 Å². The maximum absolute atomic E-state index is 13.0. The molecule has 2 aliphatic carbocycles. The molecule has 2 amide bonds. The van der Waals surface area contributed by atoms with Crippen molar-refractivity contribution in [3.8, 4) is 0 Å². The second kappa shape index (κ2) is 4.46. The second-order valence-electron chi connectivity index (χ2n) is 5.13. The average molecular weight is 282 g/mol. The first-order valence-electron chi connectivity index (χ1n) is 6.23. The van der Waals surface area contributed by atoms with E-state index in [-0.39, 0.29) is 30.5 Å². The molecular formula is C12H12F2N4O2. The van der Waals surface area contributed by atoms with E-state index in [0.717, 1.165) is 0 Å². The molecular weight excluding hydrogens is 270 g/mol. The van der Waals surface area contributed by atoms with Crippen molar-refractivity contribution in [2.45, 2.75) is 18.8 Å². The number of rotatable bonds is 2. The summed E-state index contributed by atoms with van der Waals surface area (Å²) in [4.78, 5) is 30.8. The molecule has 2 N–H and O–H groups in total.